The Morgan fingerprint density at radius 3 is 2.62 bits per heavy atom. The number of nitrogen functional groups attached to an aromatic ring is 1. The molecule has 0 saturated heterocycles. The van der Waals surface area contributed by atoms with Crippen LogP contribution in [0.1, 0.15) is 26.5 Å². The number of nitrogens with two attached hydrogens (primary N) is 1. The molecule has 16 heavy (non-hydrogen) atoms. The van der Waals surface area contributed by atoms with E-state index in [1.807, 2.05) is 19.2 Å². The number of amidine groups is 1. The zero-order valence-corrected chi connectivity index (χ0v) is 10.4. The highest BCUT2D eigenvalue weighted by atomic mass is 15.1. The minimum Gasteiger partial charge on any atom is -0.382 e. The summed E-state index contributed by atoms with van der Waals surface area (Å²) >= 11 is 0. The average Bonchev–Trinajstić information content (AvgIpc) is 2.15. The van der Waals surface area contributed by atoms with Gasteiger partial charge in [0.1, 0.15) is 11.5 Å². The zero-order chi connectivity index (χ0) is 12.3. The molecule has 88 valence electrons. The molecule has 0 atom stereocenters. The van der Waals surface area contributed by atoms with Crippen molar-refractivity contribution in [2.45, 2.75) is 20.8 Å². The molecule has 0 saturated carbocycles. The third-order valence-electron chi connectivity index (χ3n) is 2.16. The zero-order valence-electron chi connectivity index (χ0n) is 10.4. The molecule has 1 rings (SSSR count). The van der Waals surface area contributed by atoms with Gasteiger partial charge in [0.2, 0.25) is 0 Å². The molecule has 0 spiro atoms. The van der Waals surface area contributed by atoms with Gasteiger partial charge in [-0.05, 0) is 17.5 Å². The Kier molecular flexibility index (Phi) is 3.52. The number of hydrogen-bond donors (Lipinski definition) is 2. The third-order valence-corrected chi connectivity index (χ3v) is 2.16. The topological polar surface area (TPSA) is 66.0 Å². The lowest BCUT2D eigenvalue weighted by molar-refractivity contribution is 0.419. The molecule has 4 heteroatoms. The van der Waals surface area contributed by atoms with Crippen LogP contribution < -0.4 is 10.6 Å². The summed E-state index contributed by atoms with van der Waals surface area (Å²) < 4.78 is 0. The summed E-state index contributed by atoms with van der Waals surface area (Å²) in [6.07, 6.45) is 1.66. The van der Waals surface area contributed by atoms with Crippen LogP contribution in [0, 0.1) is 10.8 Å². The molecule has 1 aromatic heterocycles. The molecule has 0 aromatic carbocycles. The van der Waals surface area contributed by atoms with Crippen LogP contribution in [-0.2, 0) is 0 Å². The predicted octanol–water partition coefficient (Wildman–Crippen LogP) is 1.85. The van der Waals surface area contributed by atoms with Gasteiger partial charge in [0.15, 0.2) is 0 Å². The van der Waals surface area contributed by atoms with Crippen molar-refractivity contribution in [2.75, 3.05) is 18.5 Å². The first-order valence-corrected chi connectivity index (χ1v) is 5.32. The minimum atomic E-state index is 0.0105. The molecule has 0 aliphatic rings. The van der Waals surface area contributed by atoms with Crippen LogP contribution in [0.2, 0.25) is 0 Å². The van der Waals surface area contributed by atoms with Crippen LogP contribution in [0.5, 0.6) is 0 Å². The van der Waals surface area contributed by atoms with E-state index in [1.54, 1.807) is 6.20 Å². The standard InChI is InChI=1S/C12H20N4/c1-12(2,3)8-16(4)9-6-5-7-15-10(9)11(13)14/h5-7H,8H2,1-4H3,(H3,13,14). The van der Waals surface area contributed by atoms with E-state index in [9.17, 15) is 0 Å². The summed E-state index contributed by atoms with van der Waals surface area (Å²) in [6.45, 7) is 7.41. The van der Waals surface area contributed by atoms with Crippen molar-refractivity contribution in [1.82, 2.24) is 4.98 Å². The van der Waals surface area contributed by atoms with Crippen molar-refractivity contribution in [3.05, 3.63) is 24.0 Å². The molecule has 4 nitrogen and oxygen atoms in total. The monoisotopic (exact) mass is 220 g/mol. The molecule has 0 radical (unpaired) electrons. The average molecular weight is 220 g/mol. The fourth-order valence-corrected chi connectivity index (χ4v) is 1.71. The highest BCUT2D eigenvalue weighted by molar-refractivity contribution is 5.98. The second kappa shape index (κ2) is 4.51. The summed E-state index contributed by atoms with van der Waals surface area (Å²) in [5.74, 6) is 0.0105. The molecule has 3 N–H and O–H groups in total. The molecular formula is C12H20N4. The predicted molar refractivity (Wildman–Crippen MR) is 68.0 cm³/mol. The van der Waals surface area contributed by atoms with Gasteiger partial charge in [-0.15, -0.1) is 0 Å². The van der Waals surface area contributed by atoms with Crippen LogP contribution in [0.25, 0.3) is 0 Å². The van der Waals surface area contributed by atoms with E-state index in [4.69, 9.17) is 11.1 Å². The molecule has 0 bridgehead atoms. The van der Waals surface area contributed by atoms with Gasteiger partial charge in [0, 0.05) is 19.8 Å². The molecule has 0 amide bonds. The summed E-state index contributed by atoms with van der Waals surface area (Å²) in [4.78, 5) is 6.23. The third kappa shape index (κ3) is 3.22. The second-order valence-corrected chi connectivity index (χ2v) is 5.20. The lowest BCUT2D eigenvalue weighted by atomic mass is 9.96. The van der Waals surface area contributed by atoms with E-state index in [0.29, 0.717) is 5.69 Å². The van der Waals surface area contributed by atoms with Gasteiger partial charge in [0.25, 0.3) is 0 Å². The summed E-state index contributed by atoms with van der Waals surface area (Å²) in [7, 11) is 1.99. The molecule has 1 aromatic rings. The van der Waals surface area contributed by atoms with Crippen LogP contribution in [-0.4, -0.2) is 24.4 Å². The van der Waals surface area contributed by atoms with Crippen molar-refractivity contribution in [3.8, 4) is 0 Å². The minimum absolute atomic E-state index is 0.0105. The summed E-state index contributed by atoms with van der Waals surface area (Å²) in [5, 5.41) is 7.49. The van der Waals surface area contributed by atoms with Crippen molar-refractivity contribution in [3.63, 3.8) is 0 Å². The highest BCUT2D eigenvalue weighted by Gasteiger charge is 2.17. The fraction of sp³-hybridized carbons (Fsp3) is 0.500. The summed E-state index contributed by atoms with van der Waals surface area (Å²) in [6, 6.07) is 3.80. The lowest BCUT2D eigenvalue weighted by Gasteiger charge is -2.29. The number of nitrogens with one attached hydrogen (secondary N) is 1. The van der Waals surface area contributed by atoms with Crippen molar-refractivity contribution < 1.29 is 0 Å². The number of hydrogen-bond acceptors (Lipinski definition) is 3. The Morgan fingerprint density at radius 2 is 2.12 bits per heavy atom. The van der Waals surface area contributed by atoms with Gasteiger partial charge in [-0.25, -0.2) is 0 Å². The van der Waals surface area contributed by atoms with Gasteiger partial charge in [-0.2, -0.15) is 0 Å². The van der Waals surface area contributed by atoms with Gasteiger partial charge < -0.3 is 10.6 Å². The maximum atomic E-state index is 7.49. The number of aromatic nitrogens is 1. The van der Waals surface area contributed by atoms with E-state index in [2.05, 4.69) is 30.7 Å². The highest BCUT2D eigenvalue weighted by Crippen LogP contribution is 2.22. The van der Waals surface area contributed by atoms with E-state index in [0.717, 1.165) is 12.2 Å². The van der Waals surface area contributed by atoms with Gasteiger partial charge >= 0.3 is 0 Å². The van der Waals surface area contributed by atoms with E-state index in [-0.39, 0.29) is 11.3 Å². The number of pyridine rings is 1. The molecule has 1 heterocycles. The first kappa shape index (κ1) is 12.5. The maximum Gasteiger partial charge on any atom is 0.143 e. The number of nitrogens with zero attached hydrogens (tertiary/aromatic N) is 2. The Bertz CT molecular complexity index is 379. The van der Waals surface area contributed by atoms with E-state index < -0.39 is 0 Å². The smallest absolute Gasteiger partial charge is 0.143 e. The molecule has 0 fully saturated rings. The van der Waals surface area contributed by atoms with Crippen LogP contribution in [0.3, 0.4) is 0 Å². The van der Waals surface area contributed by atoms with Gasteiger partial charge in [0.05, 0.1) is 5.69 Å². The first-order valence-electron chi connectivity index (χ1n) is 5.32. The van der Waals surface area contributed by atoms with Crippen LogP contribution in [0.15, 0.2) is 18.3 Å². The second-order valence-electron chi connectivity index (χ2n) is 5.20. The Morgan fingerprint density at radius 1 is 1.50 bits per heavy atom. The van der Waals surface area contributed by atoms with Gasteiger partial charge in [-0.1, -0.05) is 20.8 Å². The summed E-state index contributed by atoms with van der Waals surface area (Å²) in [5.41, 5.74) is 7.16. The SMILES string of the molecule is CN(CC(C)(C)C)c1cccnc1C(=N)N. The van der Waals surface area contributed by atoms with Crippen LogP contribution in [0.4, 0.5) is 5.69 Å². The molecule has 0 aliphatic heterocycles. The molecule has 0 unspecified atom stereocenters. The Hall–Kier alpha value is -1.58. The lowest BCUT2D eigenvalue weighted by Crippen LogP contribution is -2.31. The normalized spacial score (nSPS) is 11.2. The van der Waals surface area contributed by atoms with Gasteiger partial charge in [-0.3, -0.25) is 10.4 Å². The van der Waals surface area contributed by atoms with Crippen molar-refractivity contribution >= 4 is 11.5 Å². The molecule has 0 aliphatic carbocycles. The molecular weight excluding hydrogens is 200 g/mol. The van der Waals surface area contributed by atoms with E-state index in [1.165, 1.54) is 0 Å². The maximum absolute atomic E-state index is 7.49. The Balaban J connectivity index is 2.99. The van der Waals surface area contributed by atoms with Crippen molar-refractivity contribution in [1.29, 1.82) is 5.41 Å². The number of rotatable bonds is 3. The van der Waals surface area contributed by atoms with Crippen molar-refractivity contribution in [2.24, 2.45) is 11.1 Å². The largest absolute Gasteiger partial charge is 0.382 e. The van der Waals surface area contributed by atoms with E-state index >= 15 is 0 Å². The van der Waals surface area contributed by atoms with Crippen LogP contribution >= 0.6 is 0 Å². The fourth-order valence-electron chi connectivity index (χ4n) is 1.71. The first-order chi connectivity index (χ1) is 7.31. The Labute approximate surface area is 97.0 Å². The number of anilines is 1. The quantitative estimate of drug-likeness (QED) is 0.603.